The van der Waals surface area contributed by atoms with Crippen LogP contribution in [0.1, 0.15) is 48.6 Å². The molecular formula is C13H19NS. The molecule has 0 bridgehead atoms. The first kappa shape index (κ1) is 9.86. The maximum Gasteiger partial charge on any atom is 0.0172 e. The Morgan fingerprint density at radius 2 is 2.00 bits per heavy atom. The Bertz CT molecular complexity index is 391. The number of thiophene rings is 1. The van der Waals surface area contributed by atoms with E-state index >= 15 is 0 Å². The van der Waals surface area contributed by atoms with Gasteiger partial charge in [-0.25, -0.2) is 0 Å². The highest BCUT2D eigenvalue weighted by Crippen LogP contribution is 2.59. The van der Waals surface area contributed by atoms with Crippen LogP contribution in [-0.2, 0) is 12.8 Å². The monoisotopic (exact) mass is 221 g/mol. The summed E-state index contributed by atoms with van der Waals surface area (Å²) in [5.41, 5.74) is 9.77. The third-order valence-electron chi connectivity index (χ3n) is 4.34. The van der Waals surface area contributed by atoms with Crippen molar-refractivity contribution in [2.75, 3.05) is 0 Å². The van der Waals surface area contributed by atoms with E-state index < -0.39 is 0 Å². The molecule has 1 aromatic heterocycles. The fraction of sp³-hybridized carbons (Fsp3) is 0.692. The summed E-state index contributed by atoms with van der Waals surface area (Å²) in [5.74, 6) is 0.635. The van der Waals surface area contributed by atoms with Crippen LogP contribution in [0, 0.1) is 5.41 Å². The molecular weight excluding hydrogens is 202 g/mol. The first-order valence-corrected chi connectivity index (χ1v) is 6.85. The quantitative estimate of drug-likeness (QED) is 0.775. The highest BCUT2D eigenvalue weighted by Gasteiger charge is 2.57. The Morgan fingerprint density at radius 3 is 2.67 bits per heavy atom. The predicted octanol–water partition coefficient (Wildman–Crippen LogP) is 3.08. The van der Waals surface area contributed by atoms with Gasteiger partial charge in [-0.1, -0.05) is 13.8 Å². The topological polar surface area (TPSA) is 26.0 Å². The SMILES string of the molecule is CC1(C)[C@@H](N)[C@@H]1c1csc2c1CCCC2. The van der Waals surface area contributed by atoms with Gasteiger partial charge in [-0.3, -0.25) is 0 Å². The number of hydrogen-bond acceptors (Lipinski definition) is 2. The molecule has 2 atom stereocenters. The van der Waals surface area contributed by atoms with Crippen LogP contribution in [-0.4, -0.2) is 6.04 Å². The molecule has 2 aliphatic carbocycles. The molecule has 82 valence electrons. The molecule has 0 radical (unpaired) electrons. The molecule has 2 N–H and O–H groups in total. The lowest BCUT2D eigenvalue weighted by Gasteiger charge is -2.13. The molecule has 0 aliphatic heterocycles. The Labute approximate surface area is 95.7 Å². The zero-order valence-corrected chi connectivity index (χ0v) is 10.4. The summed E-state index contributed by atoms with van der Waals surface area (Å²) >= 11 is 1.97. The van der Waals surface area contributed by atoms with E-state index in [0.29, 0.717) is 17.4 Å². The van der Waals surface area contributed by atoms with E-state index in [1.54, 1.807) is 16.0 Å². The average Bonchev–Trinajstić information content (AvgIpc) is 2.63. The number of fused-ring (bicyclic) bond motifs is 1. The van der Waals surface area contributed by atoms with Gasteiger partial charge in [-0.2, -0.15) is 0 Å². The Balaban J connectivity index is 1.97. The minimum atomic E-state index is 0.340. The van der Waals surface area contributed by atoms with E-state index in [1.807, 2.05) is 11.3 Å². The van der Waals surface area contributed by atoms with E-state index in [-0.39, 0.29) is 0 Å². The summed E-state index contributed by atoms with van der Waals surface area (Å²) in [6, 6.07) is 0.387. The van der Waals surface area contributed by atoms with E-state index in [1.165, 1.54) is 25.7 Å². The van der Waals surface area contributed by atoms with Crippen LogP contribution in [0.4, 0.5) is 0 Å². The van der Waals surface area contributed by atoms with Gasteiger partial charge in [0.25, 0.3) is 0 Å². The molecule has 0 saturated heterocycles. The molecule has 0 aromatic carbocycles. The van der Waals surface area contributed by atoms with Gasteiger partial charge in [0.05, 0.1) is 0 Å². The molecule has 1 saturated carbocycles. The Kier molecular flexibility index (Phi) is 2.02. The van der Waals surface area contributed by atoms with Crippen molar-refractivity contribution >= 4 is 11.3 Å². The molecule has 0 unspecified atom stereocenters. The molecule has 1 fully saturated rings. The van der Waals surface area contributed by atoms with E-state index in [0.717, 1.165) is 0 Å². The summed E-state index contributed by atoms with van der Waals surface area (Å²) in [5, 5.41) is 2.38. The maximum atomic E-state index is 6.17. The standard InChI is InChI=1S/C13H19NS/c1-13(2)11(12(13)14)9-7-15-10-6-4-3-5-8(9)10/h7,11-12H,3-6,14H2,1-2H3/t11-,12-/m0/s1. The van der Waals surface area contributed by atoms with Crippen LogP contribution in [0.2, 0.25) is 0 Å². The highest BCUT2D eigenvalue weighted by atomic mass is 32.1. The van der Waals surface area contributed by atoms with Gasteiger partial charge in [0.2, 0.25) is 0 Å². The summed E-state index contributed by atoms with van der Waals surface area (Å²) < 4.78 is 0. The zero-order chi connectivity index (χ0) is 10.6. The van der Waals surface area contributed by atoms with Crippen LogP contribution < -0.4 is 5.73 Å². The summed E-state index contributed by atoms with van der Waals surface area (Å²) in [4.78, 5) is 1.64. The van der Waals surface area contributed by atoms with Crippen LogP contribution >= 0.6 is 11.3 Å². The summed E-state index contributed by atoms with van der Waals surface area (Å²) in [6.45, 7) is 4.60. The predicted molar refractivity (Wildman–Crippen MR) is 65.5 cm³/mol. The third-order valence-corrected chi connectivity index (χ3v) is 5.45. The van der Waals surface area contributed by atoms with Gasteiger partial charge in [-0.15, -0.1) is 11.3 Å². The number of rotatable bonds is 1. The Hall–Kier alpha value is -0.340. The lowest BCUT2D eigenvalue weighted by atomic mass is 9.92. The van der Waals surface area contributed by atoms with Crippen LogP contribution in [0.3, 0.4) is 0 Å². The van der Waals surface area contributed by atoms with Crippen molar-refractivity contribution in [3.8, 4) is 0 Å². The largest absolute Gasteiger partial charge is 0.327 e. The molecule has 0 amide bonds. The minimum Gasteiger partial charge on any atom is -0.327 e. The smallest absolute Gasteiger partial charge is 0.0172 e. The molecule has 1 heterocycles. The van der Waals surface area contributed by atoms with Gasteiger partial charge in [0, 0.05) is 16.8 Å². The van der Waals surface area contributed by atoms with E-state index in [2.05, 4.69) is 19.2 Å². The maximum absolute atomic E-state index is 6.17. The summed E-state index contributed by atoms with van der Waals surface area (Å²) in [6.07, 6.45) is 5.36. The van der Waals surface area contributed by atoms with Crippen molar-refractivity contribution in [2.45, 2.75) is 51.5 Å². The van der Waals surface area contributed by atoms with Crippen molar-refractivity contribution in [1.82, 2.24) is 0 Å². The molecule has 2 heteroatoms. The number of hydrogen-bond donors (Lipinski definition) is 1. The summed E-state index contributed by atoms with van der Waals surface area (Å²) in [7, 11) is 0. The minimum absolute atomic E-state index is 0.340. The zero-order valence-electron chi connectivity index (χ0n) is 9.55. The highest BCUT2D eigenvalue weighted by molar-refractivity contribution is 7.10. The van der Waals surface area contributed by atoms with Crippen molar-refractivity contribution in [3.63, 3.8) is 0 Å². The molecule has 15 heavy (non-hydrogen) atoms. The molecule has 1 aromatic rings. The Morgan fingerprint density at radius 1 is 1.33 bits per heavy atom. The molecule has 0 spiro atoms. The molecule has 2 aliphatic rings. The number of nitrogens with two attached hydrogens (primary N) is 1. The van der Waals surface area contributed by atoms with Crippen LogP contribution in [0.5, 0.6) is 0 Å². The lowest BCUT2D eigenvalue weighted by molar-refractivity contribution is 0.596. The second-order valence-electron chi connectivity index (χ2n) is 5.62. The second-order valence-corrected chi connectivity index (χ2v) is 6.59. The fourth-order valence-electron chi connectivity index (χ4n) is 3.05. The van der Waals surface area contributed by atoms with Crippen LogP contribution in [0.25, 0.3) is 0 Å². The van der Waals surface area contributed by atoms with Gasteiger partial charge in [-0.05, 0) is 47.6 Å². The van der Waals surface area contributed by atoms with E-state index in [4.69, 9.17) is 5.73 Å². The van der Waals surface area contributed by atoms with Crippen LogP contribution in [0.15, 0.2) is 5.38 Å². The van der Waals surface area contributed by atoms with Gasteiger partial charge in [0.15, 0.2) is 0 Å². The lowest BCUT2D eigenvalue weighted by Crippen LogP contribution is -2.06. The average molecular weight is 221 g/mol. The normalized spacial score (nSPS) is 32.5. The van der Waals surface area contributed by atoms with Crippen molar-refractivity contribution in [2.24, 2.45) is 11.1 Å². The van der Waals surface area contributed by atoms with Gasteiger partial charge >= 0.3 is 0 Å². The van der Waals surface area contributed by atoms with Crippen molar-refractivity contribution < 1.29 is 0 Å². The van der Waals surface area contributed by atoms with Crippen molar-refractivity contribution in [3.05, 3.63) is 21.4 Å². The first-order valence-electron chi connectivity index (χ1n) is 5.97. The van der Waals surface area contributed by atoms with E-state index in [9.17, 15) is 0 Å². The van der Waals surface area contributed by atoms with Crippen molar-refractivity contribution in [1.29, 1.82) is 0 Å². The second kappa shape index (κ2) is 3.08. The first-order chi connectivity index (χ1) is 7.12. The fourth-order valence-corrected chi connectivity index (χ4v) is 4.23. The van der Waals surface area contributed by atoms with Gasteiger partial charge in [0.1, 0.15) is 0 Å². The van der Waals surface area contributed by atoms with Gasteiger partial charge < -0.3 is 5.73 Å². The number of aryl methyl sites for hydroxylation is 1. The molecule has 1 nitrogen and oxygen atoms in total. The molecule has 3 rings (SSSR count). The third kappa shape index (κ3) is 1.31.